The minimum atomic E-state index is 0.159. The molecule has 0 saturated heterocycles. The average Bonchev–Trinajstić information content (AvgIpc) is 2.12. The molecule has 0 heterocycles. The van der Waals surface area contributed by atoms with Crippen LogP contribution in [0.5, 0.6) is 5.75 Å². The van der Waals surface area contributed by atoms with Crippen molar-refractivity contribution < 1.29 is 14.6 Å². The highest BCUT2D eigenvalue weighted by Crippen LogP contribution is 2.18. The Morgan fingerprint density at radius 1 is 1.54 bits per heavy atom. The second-order valence-corrected chi connectivity index (χ2v) is 2.77. The number of aromatic hydroxyl groups is 1. The van der Waals surface area contributed by atoms with E-state index in [1.165, 1.54) is 0 Å². The summed E-state index contributed by atoms with van der Waals surface area (Å²) in [7, 11) is 1.60. The van der Waals surface area contributed by atoms with Crippen molar-refractivity contribution in [1.82, 2.24) is 0 Å². The van der Waals surface area contributed by atoms with Crippen molar-refractivity contribution in [2.24, 2.45) is 0 Å². The summed E-state index contributed by atoms with van der Waals surface area (Å²) < 4.78 is 4.93. The fourth-order valence-corrected chi connectivity index (χ4v) is 1.15. The Hall–Kier alpha value is -1.35. The van der Waals surface area contributed by atoms with Gasteiger partial charge in [0.2, 0.25) is 0 Å². The van der Waals surface area contributed by atoms with Crippen LogP contribution < -0.4 is 0 Å². The SMILES string of the molecule is COCc1ccc(O)c(CC=O)c1. The number of hydrogen-bond acceptors (Lipinski definition) is 3. The van der Waals surface area contributed by atoms with Gasteiger partial charge in [0.1, 0.15) is 12.0 Å². The quantitative estimate of drug-likeness (QED) is 0.710. The fourth-order valence-electron chi connectivity index (χ4n) is 1.15. The molecule has 13 heavy (non-hydrogen) atoms. The number of ether oxygens (including phenoxy) is 1. The Bertz CT molecular complexity index is 294. The van der Waals surface area contributed by atoms with Gasteiger partial charge in [-0.15, -0.1) is 0 Å². The number of methoxy groups -OCH3 is 1. The maximum atomic E-state index is 10.3. The van der Waals surface area contributed by atoms with Crippen molar-refractivity contribution in [3.63, 3.8) is 0 Å². The zero-order valence-corrected chi connectivity index (χ0v) is 7.49. The summed E-state index contributed by atoms with van der Waals surface area (Å²) >= 11 is 0. The highest BCUT2D eigenvalue weighted by Gasteiger charge is 2.01. The van der Waals surface area contributed by atoms with Crippen molar-refractivity contribution in [2.75, 3.05) is 7.11 Å². The predicted octanol–water partition coefficient (Wildman–Crippen LogP) is 1.28. The zero-order valence-electron chi connectivity index (χ0n) is 7.49. The number of phenols is 1. The Morgan fingerprint density at radius 3 is 2.92 bits per heavy atom. The monoisotopic (exact) mass is 180 g/mol. The number of hydrogen-bond donors (Lipinski definition) is 1. The van der Waals surface area contributed by atoms with Gasteiger partial charge in [0, 0.05) is 19.1 Å². The van der Waals surface area contributed by atoms with E-state index in [1.54, 1.807) is 25.3 Å². The van der Waals surface area contributed by atoms with Gasteiger partial charge in [-0.05, 0) is 17.7 Å². The smallest absolute Gasteiger partial charge is 0.124 e. The van der Waals surface area contributed by atoms with Crippen molar-refractivity contribution in [3.05, 3.63) is 29.3 Å². The van der Waals surface area contributed by atoms with E-state index in [0.29, 0.717) is 12.2 Å². The van der Waals surface area contributed by atoms with Crippen LogP contribution in [-0.2, 0) is 22.6 Å². The van der Waals surface area contributed by atoms with E-state index in [4.69, 9.17) is 4.74 Å². The zero-order chi connectivity index (χ0) is 9.68. The lowest BCUT2D eigenvalue weighted by Crippen LogP contribution is -1.92. The van der Waals surface area contributed by atoms with Crippen molar-refractivity contribution in [2.45, 2.75) is 13.0 Å². The number of carbonyl (C=O) groups excluding carboxylic acids is 1. The third kappa shape index (κ3) is 2.56. The van der Waals surface area contributed by atoms with Crippen molar-refractivity contribution in [1.29, 1.82) is 0 Å². The molecule has 0 atom stereocenters. The first kappa shape index (κ1) is 9.74. The van der Waals surface area contributed by atoms with Gasteiger partial charge in [-0.2, -0.15) is 0 Å². The maximum absolute atomic E-state index is 10.3. The molecule has 1 aromatic carbocycles. The molecule has 0 spiro atoms. The first-order chi connectivity index (χ1) is 6.27. The highest BCUT2D eigenvalue weighted by atomic mass is 16.5. The van der Waals surface area contributed by atoms with Crippen LogP contribution in [0, 0.1) is 0 Å². The van der Waals surface area contributed by atoms with Crippen LogP contribution in [0.2, 0.25) is 0 Å². The summed E-state index contributed by atoms with van der Waals surface area (Å²) in [5.74, 6) is 0.159. The molecular formula is C10H12O3. The first-order valence-electron chi connectivity index (χ1n) is 4.01. The van der Waals surface area contributed by atoms with Crippen LogP contribution in [0.3, 0.4) is 0 Å². The lowest BCUT2D eigenvalue weighted by atomic mass is 10.1. The summed E-state index contributed by atoms with van der Waals surface area (Å²) in [6, 6.07) is 5.12. The highest BCUT2D eigenvalue weighted by molar-refractivity contribution is 5.57. The summed E-state index contributed by atoms with van der Waals surface area (Å²) in [6.07, 6.45) is 1.01. The van der Waals surface area contributed by atoms with E-state index >= 15 is 0 Å². The molecule has 0 aliphatic carbocycles. The van der Waals surface area contributed by atoms with Gasteiger partial charge in [0.25, 0.3) is 0 Å². The number of benzene rings is 1. The molecule has 0 saturated carbocycles. The topological polar surface area (TPSA) is 46.5 Å². The Balaban J connectivity index is 2.89. The third-order valence-corrected chi connectivity index (χ3v) is 1.76. The van der Waals surface area contributed by atoms with Gasteiger partial charge in [0.05, 0.1) is 6.61 Å². The number of aldehydes is 1. The Kier molecular flexibility index (Phi) is 3.46. The minimum absolute atomic E-state index is 0.159. The van der Waals surface area contributed by atoms with Crippen LogP contribution in [-0.4, -0.2) is 18.5 Å². The number of rotatable bonds is 4. The molecule has 1 aromatic rings. The molecule has 3 nitrogen and oxygen atoms in total. The van der Waals surface area contributed by atoms with E-state index in [1.807, 2.05) is 0 Å². The molecule has 0 radical (unpaired) electrons. The van der Waals surface area contributed by atoms with Gasteiger partial charge in [-0.25, -0.2) is 0 Å². The minimum Gasteiger partial charge on any atom is -0.508 e. The molecule has 0 fully saturated rings. The van der Waals surface area contributed by atoms with Crippen LogP contribution in [0.15, 0.2) is 18.2 Å². The van der Waals surface area contributed by atoms with Gasteiger partial charge in [-0.3, -0.25) is 0 Å². The van der Waals surface area contributed by atoms with Crippen LogP contribution in [0.1, 0.15) is 11.1 Å². The van der Waals surface area contributed by atoms with Crippen LogP contribution >= 0.6 is 0 Å². The summed E-state index contributed by atoms with van der Waals surface area (Å²) in [5.41, 5.74) is 1.60. The van der Waals surface area contributed by atoms with Crippen molar-refractivity contribution >= 4 is 6.29 Å². The molecule has 0 aromatic heterocycles. The standard InChI is InChI=1S/C10H12O3/c1-13-7-8-2-3-10(12)9(6-8)4-5-11/h2-3,5-6,12H,4,7H2,1H3. The van der Waals surface area contributed by atoms with Gasteiger partial charge in [-0.1, -0.05) is 6.07 Å². The average molecular weight is 180 g/mol. The van der Waals surface area contributed by atoms with E-state index < -0.39 is 0 Å². The number of phenolic OH excluding ortho intramolecular Hbond substituents is 1. The lowest BCUT2D eigenvalue weighted by Gasteiger charge is -2.04. The summed E-state index contributed by atoms with van der Waals surface area (Å²) in [5, 5.41) is 9.33. The van der Waals surface area contributed by atoms with Gasteiger partial charge >= 0.3 is 0 Å². The second kappa shape index (κ2) is 4.62. The molecule has 0 aliphatic heterocycles. The molecule has 0 aliphatic rings. The Labute approximate surface area is 77.0 Å². The summed E-state index contributed by atoms with van der Waals surface area (Å²) in [4.78, 5) is 10.3. The fraction of sp³-hybridized carbons (Fsp3) is 0.300. The molecule has 3 heteroatoms. The van der Waals surface area contributed by atoms with Crippen molar-refractivity contribution in [3.8, 4) is 5.75 Å². The van der Waals surface area contributed by atoms with E-state index in [9.17, 15) is 9.90 Å². The maximum Gasteiger partial charge on any atom is 0.124 e. The normalized spacial score (nSPS) is 9.92. The molecule has 0 amide bonds. The van der Waals surface area contributed by atoms with Gasteiger partial charge < -0.3 is 14.6 Å². The molecule has 0 unspecified atom stereocenters. The summed E-state index contributed by atoms with van der Waals surface area (Å²) in [6.45, 7) is 0.492. The lowest BCUT2D eigenvalue weighted by molar-refractivity contribution is -0.107. The molecular weight excluding hydrogens is 168 g/mol. The first-order valence-corrected chi connectivity index (χ1v) is 4.01. The molecule has 1 N–H and O–H groups in total. The van der Waals surface area contributed by atoms with Crippen LogP contribution in [0.4, 0.5) is 0 Å². The second-order valence-electron chi connectivity index (χ2n) is 2.77. The largest absolute Gasteiger partial charge is 0.508 e. The molecule has 70 valence electrons. The van der Waals surface area contributed by atoms with Gasteiger partial charge in [0.15, 0.2) is 0 Å². The molecule has 1 rings (SSSR count). The third-order valence-electron chi connectivity index (χ3n) is 1.76. The van der Waals surface area contributed by atoms with Crippen LogP contribution in [0.25, 0.3) is 0 Å². The number of carbonyl (C=O) groups is 1. The van der Waals surface area contributed by atoms with E-state index in [2.05, 4.69) is 0 Å². The van der Waals surface area contributed by atoms with E-state index in [0.717, 1.165) is 11.8 Å². The van der Waals surface area contributed by atoms with E-state index in [-0.39, 0.29) is 12.2 Å². The molecule has 0 bridgehead atoms. The predicted molar refractivity (Wildman–Crippen MR) is 48.6 cm³/mol. The Morgan fingerprint density at radius 2 is 2.31 bits per heavy atom.